The van der Waals surface area contributed by atoms with Crippen LogP contribution in [0.4, 0.5) is 0 Å². The number of nitrogens with zero attached hydrogens (tertiary/aromatic N) is 3. The molecule has 1 aliphatic carbocycles. The normalized spacial score (nSPS) is 29.3. The summed E-state index contributed by atoms with van der Waals surface area (Å²) in [6, 6.07) is 20.3. The van der Waals surface area contributed by atoms with E-state index in [2.05, 4.69) is 4.98 Å². The van der Waals surface area contributed by atoms with E-state index in [0.717, 1.165) is 0 Å². The third-order valence-corrected chi connectivity index (χ3v) is 6.63. The second kappa shape index (κ2) is 7.14. The van der Waals surface area contributed by atoms with E-state index >= 15 is 0 Å². The van der Waals surface area contributed by atoms with Gasteiger partial charge in [0, 0.05) is 18.2 Å². The molecule has 3 N–H and O–H groups in total. The topological polar surface area (TPSA) is 147 Å². The number of aliphatic hydroxyl groups is 2. The summed E-state index contributed by atoms with van der Waals surface area (Å²) in [5.41, 5.74) is -2.60. The number of carboxylic acids is 1. The van der Waals surface area contributed by atoms with Crippen molar-refractivity contribution in [3.8, 4) is 17.9 Å². The van der Waals surface area contributed by atoms with Crippen molar-refractivity contribution in [2.24, 2.45) is 5.92 Å². The van der Waals surface area contributed by atoms with Gasteiger partial charge in [-0.05, 0) is 23.3 Å². The van der Waals surface area contributed by atoms with Gasteiger partial charge in [0.2, 0.25) is 0 Å². The maximum atomic E-state index is 12.4. The molecule has 5 atom stereocenters. The first-order chi connectivity index (χ1) is 15.9. The highest BCUT2D eigenvalue weighted by Crippen LogP contribution is 2.67. The van der Waals surface area contributed by atoms with Crippen LogP contribution in [0.3, 0.4) is 0 Å². The third-order valence-electron chi connectivity index (χ3n) is 6.63. The quantitative estimate of drug-likeness (QED) is 0.562. The molecule has 8 heteroatoms. The Morgan fingerprint density at radius 1 is 1.03 bits per heavy atom. The van der Waals surface area contributed by atoms with E-state index in [1.165, 1.54) is 24.4 Å². The average molecular weight is 439 g/mol. The zero-order valence-electron chi connectivity index (χ0n) is 17.1. The molecular weight excluding hydrogens is 422 g/mol. The fraction of sp³-hybridized carbons (Fsp3) is 0.200. The van der Waals surface area contributed by atoms with E-state index in [0.29, 0.717) is 16.7 Å². The first-order valence-corrected chi connectivity index (χ1v) is 10.2. The summed E-state index contributed by atoms with van der Waals surface area (Å²) in [4.78, 5) is 16.6. The minimum absolute atomic E-state index is 0.0389. The number of aromatic nitrogens is 1. The predicted molar refractivity (Wildman–Crippen MR) is 113 cm³/mol. The number of fused-ring (bicyclic) bond motifs is 3. The molecule has 1 saturated carbocycles. The van der Waals surface area contributed by atoms with Crippen molar-refractivity contribution in [3.63, 3.8) is 0 Å². The number of carboxylic acid groups (broad SMARTS) is 1. The molecule has 0 amide bonds. The van der Waals surface area contributed by atoms with Crippen LogP contribution in [-0.2, 0) is 16.0 Å². The highest BCUT2D eigenvalue weighted by Gasteiger charge is 2.78. The minimum Gasteiger partial charge on any atom is -0.481 e. The molecular formula is C25H17N3O5. The van der Waals surface area contributed by atoms with Gasteiger partial charge >= 0.3 is 5.97 Å². The number of pyridine rings is 1. The van der Waals surface area contributed by atoms with Gasteiger partial charge < -0.3 is 20.1 Å². The maximum absolute atomic E-state index is 12.4. The van der Waals surface area contributed by atoms with Crippen LogP contribution < -0.4 is 4.74 Å². The molecule has 5 rings (SSSR count). The van der Waals surface area contributed by atoms with Gasteiger partial charge in [-0.25, -0.2) is 0 Å². The number of rotatable bonds is 3. The average Bonchev–Trinajstić information content (AvgIpc) is 3.22. The molecule has 0 saturated heterocycles. The minimum atomic E-state index is -2.24. The predicted octanol–water partition coefficient (Wildman–Crippen LogP) is 2.16. The smallest absolute Gasteiger partial charge is 0.310 e. The molecule has 1 aliphatic heterocycles. The Hall–Kier alpha value is -4.24. The number of aliphatic hydroxyl groups excluding tert-OH is 1. The Balaban J connectivity index is 1.86. The van der Waals surface area contributed by atoms with Gasteiger partial charge in [-0.15, -0.1) is 0 Å². The van der Waals surface area contributed by atoms with Gasteiger partial charge in [-0.1, -0.05) is 42.5 Å². The zero-order chi connectivity index (χ0) is 23.4. The lowest BCUT2D eigenvalue weighted by Gasteiger charge is -2.40. The van der Waals surface area contributed by atoms with Crippen LogP contribution in [-0.4, -0.2) is 32.4 Å². The number of benzene rings is 2. The van der Waals surface area contributed by atoms with Gasteiger partial charge in [0.05, 0.1) is 23.1 Å². The molecule has 162 valence electrons. The summed E-state index contributed by atoms with van der Waals surface area (Å²) >= 11 is 0. The Morgan fingerprint density at radius 2 is 1.70 bits per heavy atom. The number of nitriles is 2. The van der Waals surface area contributed by atoms with Crippen LogP contribution in [0.25, 0.3) is 0 Å². The number of hydrogen-bond donors (Lipinski definition) is 3. The molecule has 0 radical (unpaired) electrons. The number of carbonyl (C=O) groups is 1. The van der Waals surface area contributed by atoms with Crippen LogP contribution in [0.1, 0.15) is 33.9 Å². The number of hydrogen-bond acceptors (Lipinski definition) is 7. The van der Waals surface area contributed by atoms with Crippen molar-refractivity contribution >= 4 is 5.97 Å². The first kappa shape index (κ1) is 20.7. The molecule has 33 heavy (non-hydrogen) atoms. The Labute approximate surface area is 188 Å². The van der Waals surface area contributed by atoms with Gasteiger partial charge in [0.15, 0.2) is 11.2 Å². The summed E-state index contributed by atoms with van der Waals surface area (Å²) in [6.45, 7) is 0. The van der Waals surface area contributed by atoms with Crippen molar-refractivity contribution in [2.45, 2.75) is 23.2 Å². The lowest BCUT2D eigenvalue weighted by molar-refractivity contribution is -0.160. The third kappa shape index (κ3) is 2.56. The number of ether oxygens (including phenoxy) is 1. The van der Waals surface area contributed by atoms with Gasteiger partial charge in [0.25, 0.3) is 0 Å². The molecule has 2 aromatic carbocycles. The van der Waals surface area contributed by atoms with Gasteiger partial charge in [-0.2, -0.15) is 10.5 Å². The number of aliphatic carboxylic acids is 1. The Morgan fingerprint density at radius 3 is 2.30 bits per heavy atom. The van der Waals surface area contributed by atoms with E-state index in [-0.39, 0.29) is 17.0 Å². The molecule has 0 spiro atoms. The second-order valence-electron chi connectivity index (χ2n) is 8.17. The molecule has 3 aromatic rings. The Bertz CT molecular complexity index is 1350. The molecule has 8 nitrogen and oxygen atoms in total. The van der Waals surface area contributed by atoms with Crippen molar-refractivity contribution in [1.82, 2.24) is 4.98 Å². The van der Waals surface area contributed by atoms with Crippen LogP contribution in [0, 0.1) is 28.6 Å². The van der Waals surface area contributed by atoms with Crippen LogP contribution in [0.2, 0.25) is 0 Å². The standard InChI is InChI=1S/C25H17N3O5/c26-11-14-6-8-17(9-7-14)25-20(16-4-2-1-3-5-16)19(23(30)31)22(29)24(25,32)21-18(33-25)10-15(12-27)13-28-21/h1-10,13,19-20,22,29,32H,(H,30,31)/t19-,20-,22-,24+,25+/m1/s1. The van der Waals surface area contributed by atoms with Gasteiger partial charge in [-0.3, -0.25) is 9.78 Å². The molecule has 0 bridgehead atoms. The first-order valence-electron chi connectivity index (χ1n) is 10.2. The van der Waals surface area contributed by atoms with Crippen molar-refractivity contribution in [3.05, 3.63) is 94.8 Å². The van der Waals surface area contributed by atoms with Gasteiger partial charge in [0.1, 0.15) is 23.6 Å². The fourth-order valence-electron chi connectivity index (χ4n) is 5.28. The highest BCUT2D eigenvalue weighted by atomic mass is 16.5. The van der Waals surface area contributed by atoms with Crippen molar-refractivity contribution in [2.75, 3.05) is 0 Å². The van der Waals surface area contributed by atoms with Crippen LogP contribution in [0.15, 0.2) is 66.9 Å². The monoisotopic (exact) mass is 439 g/mol. The summed E-state index contributed by atoms with van der Waals surface area (Å²) in [5, 5.41) is 52.2. The van der Waals surface area contributed by atoms with E-state index < -0.39 is 35.1 Å². The van der Waals surface area contributed by atoms with Crippen molar-refractivity contribution in [1.29, 1.82) is 10.5 Å². The highest BCUT2D eigenvalue weighted by molar-refractivity contribution is 5.76. The van der Waals surface area contributed by atoms with Crippen LogP contribution >= 0.6 is 0 Å². The molecule has 1 aromatic heterocycles. The van der Waals surface area contributed by atoms with E-state index in [9.17, 15) is 30.6 Å². The fourth-order valence-corrected chi connectivity index (χ4v) is 5.28. The molecule has 0 unspecified atom stereocenters. The van der Waals surface area contributed by atoms with E-state index in [1.54, 1.807) is 42.5 Å². The van der Waals surface area contributed by atoms with E-state index in [1.807, 2.05) is 12.1 Å². The SMILES string of the molecule is N#Cc1ccc([C@@]23Oc4cc(C#N)cnc4[C@]2(O)[C@H](O)[C@H](C(=O)O)[C@H]3c2ccccc2)cc1. The second-order valence-corrected chi connectivity index (χ2v) is 8.17. The largest absolute Gasteiger partial charge is 0.481 e. The van der Waals surface area contributed by atoms with E-state index in [4.69, 9.17) is 4.74 Å². The summed E-state index contributed by atoms with van der Waals surface area (Å²) in [6.07, 6.45) is -0.537. The van der Waals surface area contributed by atoms with Crippen LogP contribution in [0.5, 0.6) is 5.75 Å². The summed E-state index contributed by atoms with van der Waals surface area (Å²) in [5.74, 6) is -3.67. The maximum Gasteiger partial charge on any atom is 0.310 e. The van der Waals surface area contributed by atoms with Crippen molar-refractivity contribution < 1.29 is 24.9 Å². The lowest BCUT2D eigenvalue weighted by Crippen LogP contribution is -2.52. The molecule has 2 aliphatic rings. The molecule has 1 fully saturated rings. The lowest BCUT2D eigenvalue weighted by atomic mass is 9.71. The zero-order valence-corrected chi connectivity index (χ0v) is 17.1. The summed E-state index contributed by atoms with van der Waals surface area (Å²) in [7, 11) is 0. The summed E-state index contributed by atoms with van der Waals surface area (Å²) < 4.78 is 6.37. The molecule has 2 heterocycles. The Kier molecular flexibility index (Phi) is 4.47.